The Kier molecular flexibility index (Phi) is 5.56. The van der Waals surface area contributed by atoms with Gasteiger partial charge in [0.15, 0.2) is 0 Å². The van der Waals surface area contributed by atoms with Crippen LogP contribution in [0.25, 0.3) is 0 Å². The van der Waals surface area contributed by atoms with E-state index in [1.807, 2.05) is 5.32 Å². The number of hydrogen-bond acceptors (Lipinski definition) is 4. The molecule has 1 aromatic carbocycles. The maximum absolute atomic E-state index is 13.4. The van der Waals surface area contributed by atoms with Crippen LogP contribution < -0.4 is 10.6 Å². The molecule has 0 bridgehead atoms. The first-order valence-electron chi connectivity index (χ1n) is 6.43. The van der Waals surface area contributed by atoms with Crippen LogP contribution in [-0.2, 0) is 19.1 Å². The molecule has 1 aromatic rings. The molecule has 2 N–H and O–H groups in total. The molecule has 0 atom stereocenters. The van der Waals surface area contributed by atoms with E-state index in [0.29, 0.717) is 0 Å². The fourth-order valence-corrected chi connectivity index (χ4v) is 1.49. The van der Waals surface area contributed by atoms with E-state index in [1.54, 1.807) is 6.92 Å². The Bertz CT molecular complexity index is 582. The number of carbonyl (C=O) groups excluding carboxylic acids is 3. The van der Waals surface area contributed by atoms with Crippen molar-refractivity contribution in [3.8, 4) is 0 Å². The Balaban J connectivity index is 2.78. The van der Waals surface area contributed by atoms with E-state index in [0.717, 1.165) is 18.2 Å². The number of esters is 1. The van der Waals surface area contributed by atoms with Crippen molar-refractivity contribution in [1.29, 1.82) is 0 Å². The van der Waals surface area contributed by atoms with Crippen LogP contribution in [0.5, 0.6) is 0 Å². The summed E-state index contributed by atoms with van der Waals surface area (Å²) in [7, 11) is 0. The first-order chi connectivity index (χ1) is 10.2. The van der Waals surface area contributed by atoms with Gasteiger partial charge in [0.1, 0.15) is 22.9 Å². The zero-order valence-corrected chi connectivity index (χ0v) is 12.3. The van der Waals surface area contributed by atoms with E-state index >= 15 is 0 Å². The molecule has 22 heavy (non-hydrogen) atoms. The highest BCUT2D eigenvalue weighted by Crippen LogP contribution is 2.17. The number of para-hydroxylation sites is 1. The van der Waals surface area contributed by atoms with Crippen molar-refractivity contribution >= 4 is 23.5 Å². The minimum absolute atomic E-state index is 0.102. The number of nitrogens with one attached hydrogen (secondary N) is 2. The minimum atomic E-state index is -1.46. The van der Waals surface area contributed by atoms with Crippen molar-refractivity contribution in [2.45, 2.75) is 26.3 Å². The molecule has 0 aromatic heterocycles. The molecule has 8 heteroatoms. The van der Waals surface area contributed by atoms with Crippen molar-refractivity contribution in [2.24, 2.45) is 0 Å². The van der Waals surface area contributed by atoms with E-state index in [9.17, 15) is 23.2 Å². The zero-order chi connectivity index (χ0) is 16.9. The summed E-state index contributed by atoms with van der Waals surface area (Å²) in [6.45, 7) is 4.36. The zero-order valence-electron chi connectivity index (χ0n) is 12.3. The largest absolute Gasteiger partial charge is 0.464 e. The Hall–Kier alpha value is -2.51. The Morgan fingerprint density at radius 1 is 1.14 bits per heavy atom. The molecule has 0 heterocycles. The molecule has 0 aliphatic carbocycles. The van der Waals surface area contributed by atoms with Gasteiger partial charge in [-0.05, 0) is 32.9 Å². The summed E-state index contributed by atoms with van der Waals surface area (Å²) < 4.78 is 31.5. The lowest BCUT2D eigenvalue weighted by Crippen LogP contribution is -2.53. The van der Waals surface area contributed by atoms with Crippen molar-refractivity contribution in [1.82, 2.24) is 5.32 Å². The molecule has 0 aliphatic rings. The van der Waals surface area contributed by atoms with E-state index in [1.165, 1.54) is 13.8 Å². The average molecular weight is 314 g/mol. The lowest BCUT2D eigenvalue weighted by Gasteiger charge is -2.23. The van der Waals surface area contributed by atoms with Crippen molar-refractivity contribution < 1.29 is 27.9 Å². The first-order valence-corrected chi connectivity index (χ1v) is 6.43. The molecular weight excluding hydrogens is 298 g/mol. The topological polar surface area (TPSA) is 84.5 Å². The van der Waals surface area contributed by atoms with Crippen LogP contribution in [0.2, 0.25) is 0 Å². The van der Waals surface area contributed by atoms with Gasteiger partial charge in [0, 0.05) is 0 Å². The quantitative estimate of drug-likeness (QED) is 0.649. The van der Waals surface area contributed by atoms with Gasteiger partial charge in [-0.25, -0.2) is 13.6 Å². The van der Waals surface area contributed by atoms with Crippen molar-refractivity contribution in [3.05, 3.63) is 29.8 Å². The Morgan fingerprint density at radius 3 is 2.18 bits per heavy atom. The molecule has 0 spiro atoms. The molecule has 1 rings (SSSR count). The molecule has 0 fully saturated rings. The third kappa shape index (κ3) is 4.24. The third-order valence-electron chi connectivity index (χ3n) is 2.62. The van der Waals surface area contributed by atoms with E-state index in [2.05, 4.69) is 5.32 Å². The van der Waals surface area contributed by atoms with Crippen LogP contribution in [0.3, 0.4) is 0 Å². The monoisotopic (exact) mass is 314 g/mol. The molecule has 0 saturated carbocycles. The number of ether oxygens (including phenoxy) is 1. The summed E-state index contributed by atoms with van der Waals surface area (Å²) >= 11 is 0. The van der Waals surface area contributed by atoms with E-state index in [-0.39, 0.29) is 6.61 Å². The fourth-order valence-electron chi connectivity index (χ4n) is 1.49. The van der Waals surface area contributed by atoms with Gasteiger partial charge in [-0.15, -0.1) is 0 Å². The van der Waals surface area contributed by atoms with Crippen molar-refractivity contribution in [2.75, 3.05) is 11.9 Å². The second-order valence-corrected chi connectivity index (χ2v) is 4.85. The third-order valence-corrected chi connectivity index (χ3v) is 2.62. The Morgan fingerprint density at radius 2 is 1.68 bits per heavy atom. The smallest absolute Gasteiger partial charge is 0.331 e. The number of benzene rings is 1. The lowest BCUT2D eigenvalue weighted by atomic mass is 10.1. The normalized spacial score (nSPS) is 10.8. The van der Waals surface area contributed by atoms with Crippen LogP contribution >= 0.6 is 0 Å². The van der Waals surface area contributed by atoms with E-state index < -0.39 is 40.6 Å². The molecule has 0 unspecified atom stereocenters. The molecule has 120 valence electrons. The Labute approximate surface area is 125 Å². The van der Waals surface area contributed by atoms with Crippen molar-refractivity contribution in [3.63, 3.8) is 0 Å². The molecule has 0 saturated heterocycles. The number of rotatable bonds is 4. The lowest BCUT2D eigenvalue weighted by molar-refractivity contribution is -0.152. The summed E-state index contributed by atoms with van der Waals surface area (Å²) in [5.41, 5.74) is -2.20. The molecule has 6 nitrogen and oxygen atoms in total. The van der Waals surface area contributed by atoms with Gasteiger partial charge in [0.25, 0.3) is 0 Å². The standard InChI is InChI=1S/C14H16F2N2O4/c1-4-22-13(21)14(2,3)18-12(20)11(19)17-10-8(15)6-5-7-9(10)16/h5-7H,4H2,1-3H3,(H,17,19)(H,18,20). The second kappa shape index (κ2) is 6.97. The molecule has 0 radical (unpaired) electrons. The maximum atomic E-state index is 13.4. The summed E-state index contributed by atoms with van der Waals surface area (Å²) in [6, 6.07) is 2.97. The fraction of sp³-hybridized carbons (Fsp3) is 0.357. The van der Waals surface area contributed by atoms with Crippen LogP contribution in [0.4, 0.5) is 14.5 Å². The number of halogens is 2. The number of carbonyl (C=O) groups is 3. The van der Waals surface area contributed by atoms with Crippen LogP contribution in [0.1, 0.15) is 20.8 Å². The molecular formula is C14H16F2N2O4. The average Bonchev–Trinajstić information content (AvgIpc) is 2.42. The van der Waals surface area contributed by atoms with Crippen LogP contribution in [0, 0.1) is 11.6 Å². The van der Waals surface area contributed by atoms with Crippen LogP contribution in [-0.4, -0.2) is 29.9 Å². The summed E-state index contributed by atoms with van der Waals surface area (Å²) in [5.74, 6) is -5.31. The minimum Gasteiger partial charge on any atom is -0.464 e. The van der Waals surface area contributed by atoms with Gasteiger partial charge in [0.2, 0.25) is 0 Å². The van der Waals surface area contributed by atoms with Gasteiger partial charge in [-0.3, -0.25) is 9.59 Å². The maximum Gasteiger partial charge on any atom is 0.331 e. The summed E-state index contributed by atoms with van der Waals surface area (Å²) in [6.07, 6.45) is 0. The number of anilines is 1. The highest BCUT2D eigenvalue weighted by molar-refractivity contribution is 6.40. The SMILES string of the molecule is CCOC(=O)C(C)(C)NC(=O)C(=O)Nc1c(F)cccc1F. The highest BCUT2D eigenvalue weighted by atomic mass is 19.1. The highest BCUT2D eigenvalue weighted by Gasteiger charge is 2.33. The molecule has 0 aliphatic heterocycles. The van der Waals surface area contributed by atoms with Gasteiger partial charge in [0.05, 0.1) is 6.61 Å². The van der Waals surface area contributed by atoms with Gasteiger partial charge in [-0.1, -0.05) is 6.07 Å². The van der Waals surface area contributed by atoms with Crippen LogP contribution in [0.15, 0.2) is 18.2 Å². The second-order valence-electron chi connectivity index (χ2n) is 4.85. The number of hydrogen-bond donors (Lipinski definition) is 2. The predicted molar refractivity (Wildman–Crippen MR) is 73.8 cm³/mol. The summed E-state index contributed by atoms with van der Waals surface area (Å²) in [5, 5.41) is 3.95. The van der Waals surface area contributed by atoms with Gasteiger partial charge < -0.3 is 15.4 Å². The summed E-state index contributed by atoms with van der Waals surface area (Å²) in [4.78, 5) is 35.0. The predicted octanol–water partition coefficient (Wildman–Crippen LogP) is 1.36. The van der Waals surface area contributed by atoms with Gasteiger partial charge in [-0.2, -0.15) is 0 Å². The number of amides is 2. The first kappa shape index (κ1) is 17.5. The van der Waals surface area contributed by atoms with E-state index in [4.69, 9.17) is 4.74 Å². The van der Waals surface area contributed by atoms with Gasteiger partial charge >= 0.3 is 17.8 Å². The molecule has 2 amide bonds.